The van der Waals surface area contributed by atoms with Gasteiger partial charge in [0.25, 0.3) is 0 Å². The molecular formula is C22H19ClN2O2. The Kier molecular flexibility index (Phi) is 4.16. The van der Waals surface area contributed by atoms with Crippen LogP contribution in [0.3, 0.4) is 0 Å². The van der Waals surface area contributed by atoms with Crippen molar-refractivity contribution in [2.75, 3.05) is 0 Å². The van der Waals surface area contributed by atoms with Gasteiger partial charge in [-0.25, -0.2) is 14.3 Å². The molecule has 0 bridgehead atoms. The lowest BCUT2D eigenvalue weighted by atomic mass is 10.1. The molecule has 0 N–H and O–H groups in total. The molecule has 4 nitrogen and oxygen atoms in total. The number of hydrogen-bond donors (Lipinski definition) is 0. The molecule has 27 heavy (non-hydrogen) atoms. The van der Waals surface area contributed by atoms with Gasteiger partial charge in [0.2, 0.25) is 0 Å². The van der Waals surface area contributed by atoms with E-state index in [-0.39, 0.29) is 0 Å². The molecule has 0 aliphatic heterocycles. The first-order chi connectivity index (χ1) is 12.8. The minimum absolute atomic E-state index is 0.348. The lowest BCUT2D eigenvalue weighted by molar-refractivity contribution is 0.0547. The predicted molar refractivity (Wildman–Crippen MR) is 109 cm³/mol. The minimum atomic E-state index is -0.606. The van der Waals surface area contributed by atoms with Gasteiger partial charge in [-0.2, -0.15) is 0 Å². The Morgan fingerprint density at radius 1 is 1.00 bits per heavy atom. The van der Waals surface area contributed by atoms with Crippen LogP contribution < -0.4 is 0 Å². The molecule has 2 aromatic carbocycles. The summed E-state index contributed by atoms with van der Waals surface area (Å²) in [6.45, 7) is 5.54. The van der Waals surface area contributed by atoms with E-state index in [2.05, 4.69) is 4.98 Å². The third kappa shape index (κ3) is 3.28. The normalized spacial score (nSPS) is 11.9. The molecule has 0 saturated heterocycles. The number of carbonyl (C=O) groups excluding carboxylic acids is 1. The van der Waals surface area contributed by atoms with Crippen LogP contribution in [0.25, 0.3) is 33.1 Å². The smallest absolute Gasteiger partial charge is 0.419 e. The number of rotatable bonds is 1. The van der Waals surface area contributed by atoms with Gasteiger partial charge in [0.05, 0.1) is 16.7 Å². The fraction of sp³-hybridized carbons (Fsp3) is 0.182. The summed E-state index contributed by atoms with van der Waals surface area (Å²) >= 11 is 6.50. The first-order valence-corrected chi connectivity index (χ1v) is 9.11. The van der Waals surface area contributed by atoms with Crippen LogP contribution in [0.1, 0.15) is 20.8 Å². The van der Waals surface area contributed by atoms with Crippen molar-refractivity contribution in [2.45, 2.75) is 26.4 Å². The monoisotopic (exact) mass is 378 g/mol. The summed E-state index contributed by atoms with van der Waals surface area (Å²) in [5.74, 6) is 0. The molecule has 0 saturated carbocycles. The third-order valence-corrected chi connectivity index (χ3v) is 4.53. The van der Waals surface area contributed by atoms with Crippen molar-refractivity contribution in [1.29, 1.82) is 0 Å². The number of fused-ring (bicyclic) bond motifs is 2. The van der Waals surface area contributed by atoms with Crippen molar-refractivity contribution in [2.24, 2.45) is 0 Å². The molecule has 136 valence electrons. The number of para-hydroxylation sites is 2. The quantitative estimate of drug-likeness (QED) is 0.365. The number of carbonyl (C=O) groups is 1. The molecule has 0 aliphatic carbocycles. The standard InChI is InChI=1S/C22H19ClN2O2/c1-22(2,3)27-21(26)25-18-11-7-5-9-15(18)13-19(25)16-12-14-8-4-6-10-17(14)24-20(16)23/h4-13H,1-3H3. The maximum absolute atomic E-state index is 13.0. The zero-order chi connectivity index (χ0) is 19.2. The Labute approximate surface area is 162 Å². The Bertz CT molecular complexity index is 1170. The van der Waals surface area contributed by atoms with Gasteiger partial charge >= 0.3 is 6.09 Å². The molecule has 0 unspecified atom stereocenters. The number of benzene rings is 2. The van der Waals surface area contributed by atoms with Crippen LogP contribution in [0.15, 0.2) is 60.7 Å². The van der Waals surface area contributed by atoms with Gasteiger partial charge in [-0.15, -0.1) is 0 Å². The van der Waals surface area contributed by atoms with Crippen molar-refractivity contribution in [3.05, 3.63) is 65.8 Å². The molecule has 0 atom stereocenters. The summed E-state index contributed by atoms with van der Waals surface area (Å²) in [6.07, 6.45) is -0.442. The predicted octanol–water partition coefficient (Wildman–Crippen LogP) is 6.29. The van der Waals surface area contributed by atoms with Gasteiger partial charge in [0.15, 0.2) is 0 Å². The van der Waals surface area contributed by atoms with E-state index in [1.807, 2.05) is 81.4 Å². The molecule has 0 spiro atoms. The third-order valence-electron chi connectivity index (χ3n) is 4.24. The van der Waals surface area contributed by atoms with Crippen LogP contribution in [-0.4, -0.2) is 21.2 Å². The zero-order valence-electron chi connectivity index (χ0n) is 15.4. The number of hydrogen-bond acceptors (Lipinski definition) is 3. The van der Waals surface area contributed by atoms with Crippen LogP contribution >= 0.6 is 11.6 Å². The Balaban J connectivity index is 1.98. The number of nitrogens with zero attached hydrogens (tertiary/aromatic N) is 2. The fourth-order valence-corrected chi connectivity index (χ4v) is 3.37. The molecule has 4 aromatic rings. The highest BCUT2D eigenvalue weighted by Gasteiger charge is 2.24. The minimum Gasteiger partial charge on any atom is -0.443 e. The van der Waals surface area contributed by atoms with Gasteiger partial charge < -0.3 is 4.74 Å². The van der Waals surface area contributed by atoms with Gasteiger partial charge in [-0.3, -0.25) is 0 Å². The molecule has 2 aromatic heterocycles. The Morgan fingerprint density at radius 3 is 2.41 bits per heavy atom. The second-order valence-corrected chi connectivity index (χ2v) is 7.78. The van der Waals surface area contributed by atoms with E-state index in [4.69, 9.17) is 16.3 Å². The first kappa shape index (κ1) is 17.6. The highest BCUT2D eigenvalue weighted by atomic mass is 35.5. The highest BCUT2D eigenvalue weighted by Crippen LogP contribution is 2.34. The van der Waals surface area contributed by atoms with Crippen molar-refractivity contribution < 1.29 is 9.53 Å². The summed E-state index contributed by atoms with van der Waals surface area (Å²) in [5.41, 5.74) is 2.33. The van der Waals surface area contributed by atoms with Gasteiger partial charge in [0, 0.05) is 16.3 Å². The van der Waals surface area contributed by atoms with Gasteiger partial charge in [-0.1, -0.05) is 48.0 Å². The largest absolute Gasteiger partial charge is 0.443 e. The average Bonchev–Trinajstić information content (AvgIpc) is 2.99. The SMILES string of the molecule is CC(C)(C)OC(=O)n1c(-c2cc3ccccc3nc2Cl)cc2ccccc21. The Hall–Kier alpha value is -2.85. The molecule has 2 heterocycles. The molecule has 0 radical (unpaired) electrons. The molecule has 0 fully saturated rings. The van der Waals surface area contributed by atoms with Crippen molar-refractivity contribution in [3.63, 3.8) is 0 Å². The molecule has 0 amide bonds. The zero-order valence-corrected chi connectivity index (χ0v) is 16.1. The molecule has 0 aliphatic rings. The maximum Gasteiger partial charge on any atom is 0.419 e. The topological polar surface area (TPSA) is 44.1 Å². The van der Waals surface area contributed by atoms with E-state index in [0.717, 1.165) is 21.8 Å². The number of aromatic nitrogens is 2. The second-order valence-electron chi connectivity index (χ2n) is 7.42. The van der Waals surface area contributed by atoms with Crippen LogP contribution in [0.4, 0.5) is 4.79 Å². The number of pyridine rings is 1. The van der Waals surface area contributed by atoms with E-state index >= 15 is 0 Å². The summed E-state index contributed by atoms with van der Waals surface area (Å²) in [7, 11) is 0. The van der Waals surface area contributed by atoms with Crippen LogP contribution in [0, 0.1) is 0 Å². The van der Waals surface area contributed by atoms with Crippen molar-refractivity contribution in [1.82, 2.24) is 9.55 Å². The van der Waals surface area contributed by atoms with E-state index in [1.165, 1.54) is 0 Å². The summed E-state index contributed by atoms with van der Waals surface area (Å²) in [5, 5.41) is 2.24. The van der Waals surface area contributed by atoms with E-state index in [9.17, 15) is 4.79 Å². The first-order valence-electron chi connectivity index (χ1n) is 8.73. The summed E-state index contributed by atoms with van der Waals surface area (Å²) in [6, 6.07) is 19.3. The summed E-state index contributed by atoms with van der Waals surface area (Å²) in [4.78, 5) is 17.5. The maximum atomic E-state index is 13.0. The van der Waals surface area contributed by atoms with Gasteiger partial charge in [0.1, 0.15) is 10.8 Å². The van der Waals surface area contributed by atoms with E-state index < -0.39 is 11.7 Å². The Morgan fingerprint density at radius 2 is 1.67 bits per heavy atom. The van der Waals surface area contributed by atoms with Crippen LogP contribution in [0.5, 0.6) is 0 Å². The molecule has 5 heteroatoms. The number of ether oxygens (including phenoxy) is 1. The second kappa shape index (κ2) is 6.39. The van der Waals surface area contributed by atoms with E-state index in [0.29, 0.717) is 16.4 Å². The lowest BCUT2D eigenvalue weighted by Gasteiger charge is -2.21. The highest BCUT2D eigenvalue weighted by molar-refractivity contribution is 6.32. The molecule has 4 rings (SSSR count). The van der Waals surface area contributed by atoms with Gasteiger partial charge in [-0.05, 0) is 45.0 Å². The van der Waals surface area contributed by atoms with E-state index in [1.54, 1.807) is 4.57 Å². The van der Waals surface area contributed by atoms with Crippen molar-refractivity contribution in [3.8, 4) is 11.3 Å². The van der Waals surface area contributed by atoms with Crippen LogP contribution in [-0.2, 0) is 4.74 Å². The molecular weight excluding hydrogens is 360 g/mol. The number of halogens is 1. The summed E-state index contributed by atoms with van der Waals surface area (Å²) < 4.78 is 7.21. The van der Waals surface area contributed by atoms with Crippen LogP contribution in [0.2, 0.25) is 5.15 Å². The fourth-order valence-electron chi connectivity index (χ4n) is 3.13. The lowest BCUT2D eigenvalue weighted by Crippen LogP contribution is -2.27. The van der Waals surface area contributed by atoms with Crippen molar-refractivity contribution >= 4 is 39.5 Å². The average molecular weight is 379 g/mol.